The van der Waals surface area contributed by atoms with E-state index in [-0.39, 0.29) is 30.4 Å². The van der Waals surface area contributed by atoms with Crippen LogP contribution < -0.4 is 10.5 Å². The number of aromatic amines is 1. The lowest BCUT2D eigenvalue weighted by molar-refractivity contribution is -0.384. The highest BCUT2D eigenvalue weighted by Crippen LogP contribution is 2.31. The Morgan fingerprint density at radius 2 is 1.70 bits per heavy atom. The predicted molar refractivity (Wildman–Crippen MR) is 164 cm³/mol. The molecule has 14 nitrogen and oxygen atoms in total. The van der Waals surface area contributed by atoms with E-state index in [2.05, 4.69) is 19.6 Å². The van der Waals surface area contributed by atoms with E-state index >= 15 is 0 Å². The molecular formula is C31H23N5O9S. The van der Waals surface area contributed by atoms with Gasteiger partial charge >= 0.3 is 21.8 Å². The molecule has 1 N–H and O–H groups in total. The van der Waals surface area contributed by atoms with Crippen LogP contribution in [0.15, 0.2) is 105 Å². The number of nitro groups is 1. The van der Waals surface area contributed by atoms with Crippen molar-refractivity contribution in [1.82, 2.24) is 19.7 Å². The summed E-state index contributed by atoms with van der Waals surface area (Å²) >= 11 is 0. The van der Waals surface area contributed by atoms with Gasteiger partial charge in [0.2, 0.25) is 0 Å². The summed E-state index contributed by atoms with van der Waals surface area (Å²) in [5.41, 5.74) is 3.40. The Bertz CT molecular complexity index is 2250. The summed E-state index contributed by atoms with van der Waals surface area (Å²) < 4.78 is 42.8. The van der Waals surface area contributed by atoms with Crippen LogP contribution in [0.5, 0.6) is 6.01 Å². The molecule has 0 bridgehead atoms. The molecule has 0 unspecified atom stereocenters. The van der Waals surface area contributed by atoms with Gasteiger partial charge in [0.25, 0.3) is 11.7 Å². The van der Waals surface area contributed by atoms with Crippen molar-refractivity contribution < 1.29 is 31.6 Å². The van der Waals surface area contributed by atoms with Crippen LogP contribution >= 0.6 is 0 Å². The zero-order chi connectivity index (χ0) is 32.4. The highest BCUT2D eigenvalue weighted by Gasteiger charge is 2.26. The van der Waals surface area contributed by atoms with Gasteiger partial charge in [0.15, 0.2) is 5.82 Å². The quantitative estimate of drug-likeness (QED) is 0.121. The molecule has 0 fully saturated rings. The largest absolute Gasteiger partial charge is 0.465 e. The molecule has 4 aromatic carbocycles. The van der Waals surface area contributed by atoms with E-state index in [0.717, 1.165) is 41.0 Å². The van der Waals surface area contributed by atoms with Gasteiger partial charge in [-0.05, 0) is 47.9 Å². The predicted octanol–water partition coefficient (Wildman–Crippen LogP) is 4.95. The summed E-state index contributed by atoms with van der Waals surface area (Å²) in [7, 11) is -4.61. The number of imidazole rings is 1. The summed E-state index contributed by atoms with van der Waals surface area (Å²) in [5, 5.41) is 14.7. The minimum Gasteiger partial charge on any atom is -0.465 e. The van der Waals surface area contributed by atoms with Crippen LogP contribution in [0.1, 0.15) is 22.8 Å². The first-order valence-corrected chi connectivity index (χ1v) is 15.2. The number of fused-ring (bicyclic) bond motifs is 1. The molecule has 0 saturated carbocycles. The topological polar surface area (TPSA) is 190 Å². The summed E-state index contributed by atoms with van der Waals surface area (Å²) in [6.07, 6.45) is 0. The van der Waals surface area contributed by atoms with Crippen LogP contribution in [-0.4, -0.2) is 45.6 Å². The lowest BCUT2D eigenvalue weighted by Gasteiger charge is -2.13. The number of aromatic nitrogens is 4. The van der Waals surface area contributed by atoms with Gasteiger partial charge in [-0.1, -0.05) is 59.8 Å². The number of nitrogens with one attached hydrogen (secondary N) is 1. The zero-order valence-electron chi connectivity index (χ0n) is 23.9. The van der Waals surface area contributed by atoms with Crippen molar-refractivity contribution in [3.63, 3.8) is 0 Å². The molecule has 0 amide bonds. The van der Waals surface area contributed by atoms with Crippen LogP contribution in [0, 0.1) is 10.1 Å². The third kappa shape index (κ3) is 5.86. The summed E-state index contributed by atoms with van der Waals surface area (Å²) in [5.74, 6) is -1.53. The summed E-state index contributed by atoms with van der Waals surface area (Å²) in [4.78, 5) is 41.8. The fourth-order valence-electron chi connectivity index (χ4n) is 4.90. The van der Waals surface area contributed by atoms with Crippen molar-refractivity contribution in [2.75, 3.05) is 6.61 Å². The summed E-state index contributed by atoms with van der Waals surface area (Å²) in [6.45, 7) is 2.26. The average molecular weight is 642 g/mol. The number of hydrogen-bond donors (Lipinski definition) is 1. The maximum absolute atomic E-state index is 13.3. The fourth-order valence-corrected chi connectivity index (χ4v) is 5.76. The lowest BCUT2D eigenvalue weighted by Crippen LogP contribution is -2.15. The molecule has 0 saturated heterocycles. The van der Waals surface area contributed by atoms with E-state index in [9.17, 15) is 28.1 Å². The highest BCUT2D eigenvalue weighted by molar-refractivity contribution is 7.87. The number of carbonyl (C=O) groups excluding carboxylic acids is 1. The molecule has 0 atom stereocenters. The average Bonchev–Trinajstić information content (AvgIpc) is 3.64. The van der Waals surface area contributed by atoms with Gasteiger partial charge in [0, 0.05) is 17.7 Å². The number of nitro benzene ring substituents is 1. The van der Waals surface area contributed by atoms with Gasteiger partial charge in [-0.3, -0.25) is 24.2 Å². The molecular weight excluding hydrogens is 618 g/mol. The van der Waals surface area contributed by atoms with E-state index in [4.69, 9.17) is 8.92 Å². The zero-order valence-corrected chi connectivity index (χ0v) is 24.8. The van der Waals surface area contributed by atoms with Crippen LogP contribution in [0.2, 0.25) is 0 Å². The number of nitrogens with zero attached hydrogens (tertiary/aromatic N) is 4. The Hall–Kier alpha value is -6.09. The number of rotatable bonds is 10. The van der Waals surface area contributed by atoms with Crippen molar-refractivity contribution in [3.8, 4) is 28.5 Å². The van der Waals surface area contributed by atoms with E-state index in [0.29, 0.717) is 22.4 Å². The number of ether oxygens (including phenoxy) is 1. The van der Waals surface area contributed by atoms with Gasteiger partial charge < -0.3 is 8.92 Å². The first kappa shape index (κ1) is 30.0. The SMILES string of the molecule is CCOc1nc2cccc(C(=O)OS(=O)(=O)c3ccc([N+](=O)[O-])cc3)c2n1Cc1ccc(-c2ccccc2-c2noc(=O)[nH]2)cc1. The molecule has 6 rings (SSSR count). The van der Waals surface area contributed by atoms with Crippen molar-refractivity contribution in [2.24, 2.45) is 0 Å². The molecule has 0 aliphatic carbocycles. The maximum atomic E-state index is 13.3. The minimum absolute atomic E-state index is 0.0754. The highest BCUT2D eigenvalue weighted by atomic mass is 32.2. The van der Waals surface area contributed by atoms with Gasteiger partial charge in [-0.2, -0.15) is 13.4 Å². The molecule has 232 valence electrons. The van der Waals surface area contributed by atoms with Crippen molar-refractivity contribution in [2.45, 2.75) is 18.4 Å². The maximum Gasteiger partial charge on any atom is 0.439 e. The normalized spacial score (nSPS) is 11.4. The molecule has 0 aliphatic rings. The van der Waals surface area contributed by atoms with Crippen LogP contribution in [0.25, 0.3) is 33.5 Å². The standard InChI is InChI=1S/C31H23N5O9S/c1-2-43-30-32-26-9-5-8-25(29(37)45-46(41,42)22-16-14-21(15-17-22)36(39)40)27(26)35(30)18-19-10-12-20(13-11-19)23-6-3-4-7-24(23)28-33-31(38)44-34-28/h3-17H,2,18H2,1H3,(H,33,34,38). The monoisotopic (exact) mass is 641 g/mol. The van der Waals surface area contributed by atoms with E-state index in [1.165, 1.54) is 6.07 Å². The Labute approximate surface area is 260 Å². The third-order valence-corrected chi connectivity index (χ3v) is 8.20. The second-order valence-corrected chi connectivity index (χ2v) is 11.4. The number of carbonyl (C=O) groups is 1. The van der Waals surface area contributed by atoms with E-state index < -0.39 is 31.7 Å². The molecule has 15 heteroatoms. The lowest BCUT2D eigenvalue weighted by atomic mass is 9.98. The minimum atomic E-state index is -4.61. The second-order valence-electron chi connectivity index (χ2n) is 9.85. The van der Waals surface area contributed by atoms with Crippen LogP contribution in [0.4, 0.5) is 5.69 Å². The first-order valence-electron chi connectivity index (χ1n) is 13.7. The molecule has 2 heterocycles. The Kier molecular flexibility index (Phi) is 7.90. The summed E-state index contributed by atoms with van der Waals surface area (Å²) in [6, 6.07) is 23.7. The number of para-hydroxylation sites is 1. The van der Waals surface area contributed by atoms with Gasteiger partial charge in [-0.15, -0.1) is 0 Å². The van der Waals surface area contributed by atoms with Crippen molar-refractivity contribution in [1.29, 1.82) is 0 Å². The Morgan fingerprint density at radius 1 is 0.978 bits per heavy atom. The Morgan fingerprint density at radius 3 is 2.35 bits per heavy atom. The van der Waals surface area contributed by atoms with Crippen molar-refractivity contribution >= 4 is 32.8 Å². The van der Waals surface area contributed by atoms with Gasteiger partial charge in [0.05, 0.1) is 34.7 Å². The molecule has 0 radical (unpaired) electrons. The molecule has 0 aliphatic heterocycles. The third-order valence-electron chi connectivity index (χ3n) is 6.97. The van der Waals surface area contributed by atoms with Gasteiger partial charge in [-0.25, -0.2) is 9.59 Å². The number of benzene rings is 4. The first-order chi connectivity index (χ1) is 22.1. The molecule has 46 heavy (non-hydrogen) atoms. The van der Waals surface area contributed by atoms with E-state index in [1.54, 1.807) is 23.6 Å². The van der Waals surface area contributed by atoms with Gasteiger partial charge in [0.1, 0.15) is 4.90 Å². The van der Waals surface area contributed by atoms with Crippen LogP contribution in [0.3, 0.4) is 0 Å². The smallest absolute Gasteiger partial charge is 0.439 e. The number of H-pyrrole nitrogens is 1. The van der Waals surface area contributed by atoms with Crippen molar-refractivity contribution in [3.05, 3.63) is 123 Å². The second kappa shape index (κ2) is 12.1. The van der Waals surface area contributed by atoms with E-state index in [1.807, 2.05) is 48.5 Å². The fraction of sp³-hybridized carbons (Fsp3) is 0.0968. The molecule has 0 spiro atoms. The number of non-ortho nitro benzene ring substituents is 1. The Balaban J connectivity index is 1.33. The molecule has 6 aromatic rings. The van der Waals surface area contributed by atoms with Crippen LogP contribution in [-0.2, 0) is 20.8 Å². The molecule has 2 aromatic heterocycles. The number of hydrogen-bond acceptors (Lipinski definition) is 11.